The molecule has 3 N–H and O–H groups in total. The van der Waals surface area contributed by atoms with Gasteiger partial charge in [-0.2, -0.15) is 0 Å². The van der Waals surface area contributed by atoms with E-state index in [-0.39, 0.29) is 0 Å². The van der Waals surface area contributed by atoms with E-state index in [4.69, 9.17) is 15.6 Å². The highest BCUT2D eigenvalue weighted by molar-refractivity contribution is 7.80. The molecule has 0 atom stereocenters. The van der Waals surface area contributed by atoms with Gasteiger partial charge in [-0.15, -0.1) is 0 Å². The van der Waals surface area contributed by atoms with Crippen molar-refractivity contribution < 1.29 is 9.90 Å². The minimum Gasteiger partial charge on any atom is -0.394 e. The van der Waals surface area contributed by atoms with Crippen LogP contribution in [-0.2, 0) is 5.11 Å². The third-order valence-corrected chi connectivity index (χ3v) is 0.204. The fraction of sp³-hybridized carbons (Fsp3) is 0.500. The summed E-state index contributed by atoms with van der Waals surface area (Å²) < 4.78 is 0. The zero-order valence-corrected chi connectivity index (χ0v) is 6.12. The molecule has 0 spiro atoms. The second-order valence-electron chi connectivity index (χ2n) is 1.15. The van der Waals surface area contributed by atoms with Crippen molar-refractivity contribution >= 4 is 23.3 Å². The zero-order chi connectivity index (χ0) is 7.86. The monoisotopic (exact) mass is 149 g/mol. The average Bonchev–Trinajstić information content (AvgIpc) is 1.65. The summed E-state index contributed by atoms with van der Waals surface area (Å²) in [6, 6.07) is 0. The van der Waals surface area contributed by atoms with E-state index in [1.807, 2.05) is 5.32 Å². The fourth-order valence-electron chi connectivity index (χ4n) is 0. The third-order valence-electron chi connectivity index (χ3n) is 0.204. The summed E-state index contributed by atoms with van der Waals surface area (Å²) in [6.45, 7) is 1.68. The molecule has 0 aromatic carbocycles. The SMILES string of the molecule is CC(N)=S.CNC([O])=O. The van der Waals surface area contributed by atoms with Crippen molar-refractivity contribution in [2.75, 3.05) is 7.05 Å². The molecule has 0 heterocycles. The van der Waals surface area contributed by atoms with Crippen LogP contribution in [0.5, 0.6) is 0 Å². The molecule has 5 heteroatoms. The maximum absolute atomic E-state index is 9.15. The summed E-state index contributed by atoms with van der Waals surface area (Å²) in [7, 11) is 1.29. The largest absolute Gasteiger partial charge is 0.450 e. The molecule has 0 saturated carbocycles. The number of nitrogens with two attached hydrogens (primary N) is 1. The van der Waals surface area contributed by atoms with E-state index in [0.717, 1.165) is 0 Å². The molecule has 0 aromatic heterocycles. The third kappa shape index (κ3) is 142. The number of hydrogen-bond donors (Lipinski definition) is 2. The molecule has 4 nitrogen and oxygen atoms in total. The summed E-state index contributed by atoms with van der Waals surface area (Å²) in [6.07, 6.45) is -1.25. The van der Waals surface area contributed by atoms with Crippen molar-refractivity contribution in [2.24, 2.45) is 5.73 Å². The summed E-state index contributed by atoms with van der Waals surface area (Å²) in [4.78, 5) is 9.65. The lowest BCUT2D eigenvalue weighted by molar-refractivity contribution is 0.171. The smallest absolute Gasteiger partial charge is 0.394 e. The summed E-state index contributed by atoms with van der Waals surface area (Å²) >= 11 is 4.31. The molecule has 0 fully saturated rings. The van der Waals surface area contributed by atoms with Crippen LogP contribution < -0.4 is 11.1 Å². The van der Waals surface area contributed by atoms with Crippen molar-refractivity contribution in [1.82, 2.24) is 5.32 Å². The van der Waals surface area contributed by atoms with Crippen LogP contribution in [0, 0.1) is 0 Å². The fourth-order valence-corrected chi connectivity index (χ4v) is 0. The molecule has 0 aliphatic heterocycles. The Balaban J connectivity index is 0. The first-order valence-electron chi connectivity index (χ1n) is 2.15. The van der Waals surface area contributed by atoms with Crippen LogP contribution in [0.4, 0.5) is 4.79 Å². The Morgan fingerprint density at radius 1 is 1.67 bits per heavy atom. The molecule has 0 saturated heterocycles. The van der Waals surface area contributed by atoms with Gasteiger partial charge >= 0.3 is 6.09 Å². The molecular weight excluding hydrogens is 140 g/mol. The molecule has 0 aliphatic carbocycles. The first kappa shape index (κ1) is 11.0. The van der Waals surface area contributed by atoms with Gasteiger partial charge in [0, 0.05) is 7.05 Å². The van der Waals surface area contributed by atoms with Crippen LogP contribution >= 0.6 is 12.2 Å². The van der Waals surface area contributed by atoms with Crippen molar-refractivity contribution in [3.05, 3.63) is 0 Å². The zero-order valence-electron chi connectivity index (χ0n) is 5.30. The Hall–Kier alpha value is -0.840. The van der Waals surface area contributed by atoms with E-state index < -0.39 is 6.09 Å². The molecule has 0 aliphatic rings. The van der Waals surface area contributed by atoms with E-state index >= 15 is 0 Å². The van der Waals surface area contributed by atoms with E-state index in [2.05, 4.69) is 12.2 Å². The topological polar surface area (TPSA) is 75.0 Å². The van der Waals surface area contributed by atoms with E-state index in [9.17, 15) is 0 Å². The van der Waals surface area contributed by atoms with Gasteiger partial charge in [0.05, 0.1) is 4.99 Å². The summed E-state index contributed by atoms with van der Waals surface area (Å²) in [5.74, 6) is 0. The first-order chi connectivity index (χ1) is 4.00. The molecular formula is C4H9N2O2S. The normalized spacial score (nSPS) is 6.44. The van der Waals surface area contributed by atoms with Gasteiger partial charge in [-0.3, -0.25) is 0 Å². The summed E-state index contributed by atoms with van der Waals surface area (Å²) in [5.41, 5.74) is 4.84. The van der Waals surface area contributed by atoms with Crippen molar-refractivity contribution in [3.8, 4) is 0 Å². The molecule has 0 bridgehead atoms. The number of carbonyl (C=O) groups excluding carboxylic acids is 1. The molecule has 0 unspecified atom stereocenters. The standard InChI is InChI=1S/C2H4NO2.C2H5NS/c1-3-2(4)5;1-2(3)4/h3H,1H3;1H3,(H2,3,4). The molecule has 9 heavy (non-hydrogen) atoms. The molecule has 0 rings (SSSR count). The molecule has 1 amide bonds. The Labute approximate surface area is 59.0 Å². The Morgan fingerprint density at radius 3 is 1.78 bits per heavy atom. The Bertz CT molecular complexity index is 101. The Kier molecular flexibility index (Phi) is 8.77. The first-order valence-corrected chi connectivity index (χ1v) is 2.56. The number of carbonyl (C=O) groups is 1. The van der Waals surface area contributed by atoms with Gasteiger partial charge < -0.3 is 11.1 Å². The second-order valence-corrected chi connectivity index (χ2v) is 1.79. The minimum absolute atomic E-state index is 0.500. The van der Waals surface area contributed by atoms with Gasteiger partial charge in [0.1, 0.15) is 0 Å². The number of amides is 1. The van der Waals surface area contributed by atoms with Crippen LogP contribution in [0.25, 0.3) is 0 Å². The molecule has 0 aromatic rings. The maximum atomic E-state index is 9.15. The minimum atomic E-state index is -1.25. The second kappa shape index (κ2) is 7.16. The van der Waals surface area contributed by atoms with Crippen molar-refractivity contribution in [3.63, 3.8) is 0 Å². The predicted octanol–water partition coefficient (Wildman–Crippen LogP) is 0.0487. The number of nitrogens with one attached hydrogen (secondary N) is 1. The quantitative estimate of drug-likeness (QED) is 0.478. The highest BCUT2D eigenvalue weighted by Crippen LogP contribution is 1.48. The lowest BCUT2D eigenvalue weighted by Crippen LogP contribution is -2.11. The molecule has 1 radical (unpaired) electrons. The van der Waals surface area contributed by atoms with Gasteiger partial charge in [-0.25, -0.2) is 9.90 Å². The van der Waals surface area contributed by atoms with Crippen LogP contribution in [0.15, 0.2) is 0 Å². The van der Waals surface area contributed by atoms with E-state index in [1.54, 1.807) is 6.92 Å². The summed E-state index contributed by atoms with van der Waals surface area (Å²) in [5, 5.41) is 11.0. The van der Waals surface area contributed by atoms with Crippen LogP contribution in [0.1, 0.15) is 6.92 Å². The van der Waals surface area contributed by atoms with Crippen LogP contribution in [0.2, 0.25) is 0 Å². The predicted molar refractivity (Wildman–Crippen MR) is 37.6 cm³/mol. The average molecular weight is 149 g/mol. The number of thiocarbonyl (C=S) groups is 1. The highest BCUT2D eigenvalue weighted by Gasteiger charge is 1.82. The Morgan fingerprint density at radius 2 is 1.78 bits per heavy atom. The molecule has 53 valence electrons. The van der Waals surface area contributed by atoms with Crippen molar-refractivity contribution in [2.45, 2.75) is 6.92 Å². The van der Waals surface area contributed by atoms with E-state index in [1.165, 1.54) is 7.05 Å². The van der Waals surface area contributed by atoms with Gasteiger partial charge in [-0.1, -0.05) is 12.2 Å². The van der Waals surface area contributed by atoms with Gasteiger partial charge in [-0.05, 0) is 6.92 Å². The van der Waals surface area contributed by atoms with E-state index in [0.29, 0.717) is 4.99 Å². The number of hydrogen-bond acceptors (Lipinski definition) is 2. The lowest BCUT2D eigenvalue weighted by Gasteiger charge is -1.73. The van der Waals surface area contributed by atoms with Gasteiger partial charge in [0.2, 0.25) is 0 Å². The lowest BCUT2D eigenvalue weighted by atomic mass is 10.8. The van der Waals surface area contributed by atoms with Gasteiger partial charge in [0.25, 0.3) is 0 Å². The number of rotatable bonds is 0. The van der Waals surface area contributed by atoms with Crippen LogP contribution in [0.3, 0.4) is 0 Å². The maximum Gasteiger partial charge on any atom is 0.450 e. The van der Waals surface area contributed by atoms with Crippen LogP contribution in [-0.4, -0.2) is 18.1 Å². The highest BCUT2D eigenvalue weighted by atomic mass is 32.1. The van der Waals surface area contributed by atoms with Gasteiger partial charge in [0.15, 0.2) is 0 Å². The van der Waals surface area contributed by atoms with Crippen molar-refractivity contribution in [1.29, 1.82) is 0 Å².